The SMILES string of the molecule is CCOc1ccc(OCc2ccc(C(=O)NCCCN3CCOCC3)o2)cc1. The Morgan fingerprint density at radius 2 is 1.79 bits per heavy atom. The van der Waals surface area contributed by atoms with Gasteiger partial charge in [0.1, 0.15) is 23.9 Å². The summed E-state index contributed by atoms with van der Waals surface area (Å²) in [5.74, 6) is 2.23. The highest BCUT2D eigenvalue weighted by molar-refractivity contribution is 5.91. The minimum absolute atomic E-state index is 0.200. The van der Waals surface area contributed by atoms with Gasteiger partial charge in [0, 0.05) is 19.6 Å². The van der Waals surface area contributed by atoms with Gasteiger partial charge in [0.2, 0.25) is 0 Å². The molecular formula is C21H28N2O5. The number of benzene rings is 1. The molecule has 3 rings (SSSR count). The molecule has 152 valence electrons. The lowest BCUT2D eigenvalue weighted by Crippen LogP contribution is -2.38. The van der Waals surface area contributed by atoms with Crippen LogP contribution in [0, 0.1) is 0 Å². The van der Waals surface area contributed by atoms with Crippen LogP contribution in [-0.2, 0) is 11.3 Å². The Labute approximate surface area is 165 Å². The molecule has 0 saturated carbocycles. The molecule has 1 aliphatic heterocycles. The zero-order chi connectivity index (χ0) is 19.6. The third-order valence-corrected chi connectivity index (χ3v) is 4.44. The second-order valence-corrected chi connectivity index (χ2v) is 6.52. The summed E-state index contributed by atoms with van der Waals surface area (Å²) >= 11 is 0. The van der Waals surface area contributed by atoms with Crippen LogP contribution < -0.4 is 14.8 Å². The average Bonchev–Trinajstić information content (AvgIpc) is 3.21. The van der Waals surface area contributed by atoms with Crippen molar-refractivity contribution in [2.75, 3.05) is 46.0 Å². The molecule has 1 amide bonds. The number of hydrogen-bond acceptors (Lipinski definition) is 6. The Bertz CT molecular complexity index is 723. The summed E-state index contributed by atoms with van der Waals surface area (Å²) in [6, 6.07) is 10.8. The van der Waals surface area contributed by atoms with E-state index in [1.807, 2.05) is 31.2 Å². The van der Waals surface area contributed by atoms with Gasteiger partial charge >= 0.3 is 0 Å². The molecule has 1 fully saturated rings. The highest BCUT2D eigenvalue weighted by Crippen LogP contribution is 2.19. The molecule has 1 aliphatic rings. The standard InChI is InChI=1S/C21H28N2O5/c1-2-26-17-4-6-18(7-5-17)27-16-19-8-9-20(28-19)21(24)22-10-3-11-23-12-14-25-15-13-23/h4-9H,2-3,10-16H2,1H3,(H,22,24). The van der Waals surface area contributed by atoms with Crippen molar-refractivity contribution < 1.29 is 23.4 Å². The maximum Gasteiger partial charge on any atom is 0.286 e. The van der Waals surface area contributed by atoms with Crippen LogP contribution in [0.1, 0.15) is 29.7 Å². The molecule has 0 unspecified atom stereocenters. The van der Waals surface area contributed by atoms with Gasteiger partial charge in [-0.25, -0.2) is 0 Å². The Balaban J connectivity index is 1.37. The maximum atomic E-state index is 12.2. The number of morpholine rings is 1. The minimum Gasteiger partial charge on any atom is -0.494 e. The first-order valence-electron chi connectivity index (χ1n) is 9.77. The molecule has 0 spiro atoms. The van der Waals surface area contributed by atoms with Gasteiger partial charge in [-0.3, -0.25) is 9.69 Å². The second-order valence-electron chi connectivity index (χ2n) is 6.52. The minimum atomic E-state index is -0.200. The number of rotatable bonds is 10. The van der Waals surface area contributed by atoms with Crippen molar-refractivity contribution >= 4 is 5.91 Å². The largest absolute Gasteiger partial charge is 0.494 e. The van der Waals surface area contributed by atoms with Crippen LogP contribution in [0.5, 0.6) is 11.5 Å². The third-order valence-electron chi connectivity index (χ3n) is 4.44. The zero-order valence-electron chi connectivity index (χ0n) is 16.3. The van der Waals surface area contributed by atoms with Crippen LogP contribution in [0.3, 0.4) is 0 Å². The van der Waals surface area contributed by atoms with Gasteiger partial charge in [-0.15, -0.1) is 0 Å². The quantitative estimate of drug-likeness (QED) is 0.631. The highest BCUT2D eigenvalue weighted by atomic mass is 16.5. The van der Waals surface area contributed by atoms with Crippen LogP contribution >= 0.6 is 0 Å². The van der Waals surface area contributed by atoms with Gasteiger partial charge in [-0.1, -0.05) is 0 Å². The van der Waals surface area contributed by atoms with E-state index in [0.29, 0.717) is 30.4 Å². The molecule has 1 aromatic heterocycles. The third kappa shape index (κ3) is 6.28. The van der Waals surface area contributed by atoms with E-state index in [2.05, 4.69) is 10.2 Å². The van der Waals surface area contributed by atoms with Crippen molar-refractivity contribution in [3.63, 3.8) is 0 Å². The van der Waals surface area contributed by atoms with Crippen molar-refractivity contribution in [3.8, 4) is 11.5 Å². The lowest BCUT2D eigenvalue weighted by molar-refractivity contribution is 0.0374. The molecule has 7 nitrogen and oxygen atoms in total. The molecular weight excluding hydrogens is 360 g/mol. The van der Waals surface area contributed by atoms with Crippen molar-refractivity contribution in [1.82, 2.24) is 10.2 Å². The van der Waals surface area contributed by atoms with E-state index in [1.165, 1.54) is 0 Å². The lowest BCUT2D eigenvalue weighted by atomic mass is 10.3. The topological polar surface area (TPSA) is 73.2 Å². The fourth-order valence-corrected chi connectivity index (χ4v) is 2.95. The number of ether oxygens (including phenoxy) is 3. The fourth-order valence-electron chi connectivity index (χ4n) is 2.95. The molecule has 1 saturated heterocycles. The van der Waals surface area contributed by atoms with E-state index in [-0.39, 0.29) is 12.5 Å². The lowest BCUT2D eigenvalue weighted by Gasteiger charge is -2.26. The van der Waals surface area contributed by atoms with Gasteiger partial charge in [0.25, 0.3) is 5.91 Å². The Kier molecular flexibility index (Phi) is 7.75. The molecule has 0 bridgehead atoms. The van der Waals surface area contributed by atoms with Crippen molar-refractivity contribution in [1.29, 1.82) is 0 Å². The molecule has 1 aromatic carbocycles. The van der Waals surface area contributed by atoms with Gasteiger partial charge in [-0.2, -0.15) is 0 Å². The molecule has 1 N–H and O–H groups in total. The van der Waals surface area contributed by atoms with Crippen LogP contribution in [0.2, 0.25) is 0 Å². The number of hydrogen-bond donors (Lipinski definition) is 1. The summed E-state index contributed by atoms with van der Waals surface area (Å²) in [5, 5.41) is 2.90. The maximum absolute atomic E-state index is 12.2. The highest BCUT2D eigenvalue weighted by Gasteiger charge is 2.12. The second kappa shape index (κ2) is 10.7. The number of furan rings is 1. The average molecular weight is 388 g/mol. The fraction of sp³-hybridized carbons (Fsp3) is 0.476. The van der Waals surface area contributed by atoms with Crippen LogP contribution in [0.4, 0.5) is 0 Å². The summed E-state index contributed by atoms with van der Waals surface area (Å²) in [5.41, 5.74) is 0. The van der Waals surface area contributed by atoms with Crippen LogP contribution in [-0.4, -0.2) is 56.8 Å². The Hall–Kier alpha value is -2.51. The number of amides is 1. The molecule has 7 heteroatoms. The summed E-state index contributed by atoms with van der Waals surface area (Å²) < 4.78 is 22.0. The molecule has 0 radical (unpaired) electrons. The van der Waals surface area contributed by atoms with Gasteiger partial charge in [0.15, 0.2) is 5.76 Å². The Morgan fingerprint density at radius 1 is 1.07 bits per heavy atom. The van der Waals surface area contributed by atoms with Crippen LogP contribution in [0.15, 0.2) is 40.8 Å². The van der Waals surface area contributed by atoms with Crippen LogP contribution in [0.25, 0.3) is 0 Å². The van der Waals surface area contributed by atoms with E-state index in [0.717, 1.165) is 45.0 Å². The van der Waals surface area contributed by atoms with Gasteiger partial charge in [0.05, 0.1) is 19.8 Å². The van der Waals surface area contributed by atoms with E-state index in [9.17, 15) is 4.79 Å². The van der Waals surface area contributed by atoms with Crippen molar-refractivity contribution in [2.24, 2.45) is 0 Å². The summed E-state index contributed by atoms with van der Waals surface area (Å²) in [7, 11) is 0. The molecule has 0 atom stereocenters. The van der Waals surface area contributed by atoms with Gasteiger partial charge < -0.3 is 23.9 Å². The first kappa shape index (κ1) is 20.2. The van der Waals surface area contributed by atoms with E-state index >= 15 is 0 Å². The van der Waals surface area contributed by atoms with Crippen molar-refractivity contribution in [2.45, 2.75) is 20.0 Å². The summed E-state index contributed by atoms with van der Waals surface area (Å²) in [6.07, 6.45) is 0.903. The predicted molar refractivity (Wildman–Crippen MR) is 105 cm³/mol. The molecule has 2 aromatic rings. The summed E-state index contributed by atoms with van der Waals surface area (Å²) in [4.78, 5) is 14.5. The van der Waals surface area contributed by atoms with Gasteiger partial charge in [-0.05, 0) is 56.3 Å². The first-order valence-corrected chi connectivity index (χ1v) is 9.77. The summed E-state index contributed by atoms with van der Waals surface area (Å²) in [6.45, 7) is 7.92. The molecule has 0 aliphatic carbocycles. The molecule has 28 heavy (non-hydrogen) atoms. The number of carbonyl (C=O) groups excluding carboxylic acids is 1. The van der Waals surface area contributed by atoms with E-state index < -0.39 is 0 Å². The number of nitrogens with zero attached hydrogens (tertiary/aromatic N) is 1. The monoisotopic (exact) mass is 388 g/mol. The predicted octanol–water partition coefficient (Wildman–Crippen LogP) is 2.71. The first-order chi connectivity index (χ1) is 13.7. The normalized spacial score (nSPS) is 14.6. The smallest absolute Gasteiger partial charge is 0.286 e. The Morgan fingerprint density at radius 3 is 2.50 bits per heavy atom. The number of carbonyl (C=O) groups is 1. The van der Waals surface area contributed by atoms with E-state index in [1.54, 1.807) is 12.1 Å². The van der Waals surface area contributed by atoms with Crippen molar-refractivity contribution in [3.05, 3.63) is 47.9 Å². The molecule has 2 heterocycles. The zero-order valence-corrected chi connectivity index (χ0v) is 16.3. The number of nitrogens with one attached hydrogen (secondary N) is 1. The van der Waals surface area contributed by atoms with E-state index in [4.69, 9.17) is 18.6 Å².